The normalized spacial score (nSPS) is 11.4. The minimum atomic E-state index is -0.116. The van der Waals surface area contributed by atoms with Gasteiger partial charge >= 0.3 is 0 Å². The van der Waals surface area contributed by atoms with Crippen molar-refractivity contribution in [2.75, 3.05) is 11.1 Å². The number of thioether (sulfide) groups is 1. The van der Waals surface area contributed by atoms with E-state index in [4.69, 9.17) is 5.73 Å². The third-order valence-electron chi connectivity index (χ3n) is 4.01. The number of nitrogens with zero attached hydrogens (tertiary/aromatic N) is 2. The van der Waals surface area contributed by atoms with Crippen molar-refractivity contribution in [1.82, 2.24) is 10.2 Å². The van der Waals surface area contributed by atoms with Gasteiger partial charge in [-0.15, -0.1) is 10.2 Å². The first-order valence-electron chi connectivity index (χ1n) is 8.54. The van der Waals surface area contributed by atoms with E-state index >= 15 is 0 Å². The lowest BCUT2D eigenvalue weighted by atomic mass is 9.87. The molecule has 27 heavy (non-hydrogen) atoms. The minimum Gasteiger partial charge on any atom is -0.374 e. The maximum atomic E-state index is 12.4. The van der Waals surface area contributed by atoms with Crippen LogP contribution in [0.3, 0.4) is 0 Å². The van der Waals surface area contributed by atoms with Crippen molar-refractivity contribution >= 4 is 39.8 Å². The van der Waals surface area contributed by atoms with Crippen LogP contribution in [0.5, 0.6) is 0 Å². The molecule has 0 saturated heterocycles. The predicted molar refractivity (Wildman–Crippen MR) is 113 cm³/mol. The summed E-state index contributed by atoms with van der Waals surface area (Å²) in [7, 11) is 0. The van der Waals surface area contributed by atoms with E-state index in [2.05, 4.69) is 48.4 Å². The fourth-order valence-corrected chi connectivity index (χ4v) is 4.02. The molecule has 0 aliphatic heterocycles. The molecule has 0 aliphatic rings. The molecule has 0 aliphatic carbocycles. The van der Waals surface area contributed by atoms with E-state index in [0.717, 1.165) is 21.3 Å². The standard InChI is InChI=1S/C20H22N4OS2/c1-20(2,3)15-8-10-16(11-9-15)22-17(25)14-6-4-13(5-7-14)12-26-19-24-23-18(21)27-19/h4-11H,12H2,1-3H3,(H2,21,23)(H,22,25). The van der Waals surface area contributed by atoms with Gasteiger partial charge in [0.15, 0.2) is 4.34 Å². The zero-order valence-corrected chi connectivity index (χ0v) is 17.2. The number of hydrogen-bond donors (Lipinski definition) is 2. The first kappa shape index (κ1) is 19.4. The fourth-order valence-electron chi connectivity index (χ4n) is 2.43. The molecule has 0 saturated carbocycles. The highest BCUT2D eigenvalue weighted by Crippen LogP contribution is 2.27. The number of carbonyl (C=O) groups is 1. The molecule has 3 N–H and O–H groups in total. The lowest BCUT2D eigenvalue weighted by molar-refractivity contribution is 0.102. The second-order valence-electron chi connectivity index (χ2n) is 7.17. The van der Waals surface area contributed by atoms with Crippen LogP contribution in [0.1, 0.15) is 42.3 Å². The van der Waals surface area contributed by atoms with Gasteiger partial charge in [0.2, 0.25) is 5.13 Å². The summed E-state index contributed by atoms with van der Waals surface area (Å²) in [6.07, 6.45) is 0. The van der Waals surface area contributed by atoms with E-state index < -0.39 is 0 Å². The summed E-state index contributed by atoms with van der Waals surface area (Å²) >= 11 is 2.95. The van der Waals surface area contributed by atoms with Crippen molar-refractivity contribution < 1.29 is 4.79 Å². The number of hydrogen-bond acceptors (Lipinski definition) is 6. The van der Waals surface area contributed by atoms with Gasteiger partial charge in [0.25, 0.3) is 5.91 Å². The summed E-state index contributed by atoms with van der Waals surface area (Å²) in [6, 6.07) is 15.6. The Hall–Kier alpha value is -2.38. The molecule has 1 heterocycles. The van der Waals surface area contributed by atoms with Gasteiger partial charge in [-0.1, -0.05) is 68.1 Å². The minimum absolute atomic E-state index is 0.0940. The van der Waals surface area contributed by atoms with Gasteiger partial charge in [0.05, 0.1) is 0 Å². The fraction of sp³-hybridized carbons (Fsp3) is 0.250. The molecule has 2 aromatic carbocycles. The van der Waals surface area contributed by atoms with Crippen molar-refractivity contribution in [2.24, 2.45) is 0 Å². The molecule has 3 aromatic rings. The number of rotatable bonds is 5. The van der Waals surface area contributed by atoms with Crippen molar-refractivity contribution in [3.8, 4) is 0 Å². The molecule has 3 rings (SSSR count). The number of nitrogen functional groups attached to an aromatic ring is 1. The van der Waals surface area contributed by atoms with Crippen molar-refractivity contribution in [1.29, 1.82) is 0 Å². The Morgan fingerprint density at radius 1 is 1.07 bits per heavy atom. The average Bonchev–Trinajstić information content (AvgIpc) is 3.05. The molecular formula is C20H22N4OS2. The van der Waals surface area contributed by atoms with E-state index in [9.17, 15) is 4.79 Å². The molecule has 0 spiro atoms. The summed E-state index contributed by atoms with van der Waals surface area (Å²) in [5.74, 6) is 0.639. The third kappa shape index (κ3) is 5.30. The molecule has 0 radical (unpaired) electrons. The van der Waals surface area contributed by atoms with Crippen LogP contribution in [-0.4, -0.2) is 16.1 Å². The second kappa shape index (κ2) is 8.10. The Kier molecular flexibility index (Phi) is 5.82. The highest BCUT2D eigenvalue weighted by molar-refractivity contribution is 8.00. The highest BCUT2D eigenvalue weighted by atomic mass is 32.2. The summed E-state index contributed by atoms with van der Waals surface area (Å²) < 4.78 is 0.841. The molecule has 0 fully saturated rings. The SMILES string of the molecule is CC(C)(C)c1ccc(NC(=O)c2ccc(CSc3nnc(N)s3)cc2)cc1. The Morgan fingerprint density at radius 2 is 1.74 bits per heavy atom. The first-order chi connectivity index (χ1) is 12.8. The van der Waals surface area contributed by atoms with Gasteiger partial charge in [0, 0.05) is 17.0 Å². The third-order valence-corrected chi connectivity index (χ3v) is 5.97. The number of amides is 1. The maximum Gasteiger partial charge on any atom is 0.255 e. The summed E-state index contributed by atoms with van der Waals surface area (Å²) in [6.45, 7) is 6.50. The Labute approximate surface area is 167 Å². The molecule has 0 unspecified atom stereocenters. The predicted octanol–water partition coefficient (Wildman–Crippen LogP) is 4.96. The van der Waals surface area contributed by atoms with Crippen LogP contribution in [0, 0.1) is 0 Å². The van der Waals surface area contributed by atoms with Gasteiger partial charge in [-0.2, -0.15) is 0 Å². The van der Waals surface area contributed by atoms with E-state index in [1.807, 2.05) is 36.4 Å². The first-order valence-corrected chi connectivity index (χ1v) is 10.3. The Balaban J connectivity index is 1.58. The van der Waals surface area contributed by atoms with E-state index in [1.54, 1.807) is 11.8 Å². The molecule has 0 bridgehead atoms. The number of nitrogens with two attached hydrogens (primary N) is 1. The van der Waals surface area contributed by atoms with Gasteiger partial charge in [-0.25, -0.2) is 0 Å². The monoisotopic (exact) mass is 398 g/mol. The Bertz CT molecular complexity index is 912. The number of anilines is 2. The van der Waals surface area contributed by atoms with Crippen LogP contribution >= 0.6 is 23.1 Å². The lowest BCUT2D eigenvalue weighted by Gasteiger charge is -2.19. The molecule has 5 nitrogen and oxygen atoms in total. The number of benzene rings is 2. The van der Waals surface area contributed by atoms with Crippen LogP contribution in [-0.2, 0) is 11.2 Å². The Morgan fingerprint density at radius 3 is 2.30 bits per heavy atom. The molecule has 140 valence electrons. The molecule has 0 atom stereocenters. The topological polar surface area (TPSA) is 80.9 Å². The van der Waals surface area contributed by atoms with Crippen LogP contribution < -0.4 is 11.1 Å². The number of carbonyl (C=O) groups excluding carboxylic acids is 1. The molecular weight excluding hydrogens is 376 g/mol. The smallest absolute Gasteiger partial charge is 0.255 e. The zero-order chi connectivity index (χ0) is 19.4. The van der Waals surface area contributed by atoms with Gasteiger partial charge < -0.3 is 11.1 Å². The van der Waals surface area contributed by atoms with E-state index in [0.29, 0.717) is 10.7 Å². The van der Waals surface area contributed by atoms with E-state index in [-0.39, 0.29) is 11.3 Å². The van der Waals surface area contributed by atoms with Crippen molar-refractivity contribution in [3.63, 3.8) is 0 Å². The summed E-state index contributed by atoms with van der Waals surface area (Å²) in [5, 5.41) is 11.2. The van der Waals surface area contributed by atoms with Gasteiger partial charge in [-0.3, -0.25) is 4.79 Å². The molecule has 1 amide bonds. The van der Waals surface area contributed by atoms with Crippen molar-refractivity contribution in [3.05, 3.63) is 65.2 Å². The quantitative estimate of drug-likeness (QED) is 0.594. The van der Waals surface area contributed by atoms with Gasteiger partial charge in [-0.05, 0) is 40.8 Å². The molecule has 7 heteroatoms. The average molecular weight is 399 g/mol. The maximum absolute atomic E-state index is 12.4. The van der Waals surface area contributed by atoms with Crippen LogP contribution in [0.2, 0.25) is 0 Å². The zero-order valence-electron chi connectivity index (χ0n) is 15.5. The van der Waals surface area contributed by atoms with Crippen LogP contribution in [0.25, 0.3) is 0 Å². The summed E-state index contributed by atoms with van der Waals surface area (Å²) in [5.41, 5.74) is 9.44. The number of nitrogens with one attached hydrogen (secondary N) is 1. The lowest BCUT2D eigenvalue weighted by Crippen LogP contribution is -2.13. The van der Waals surface area contributed by atoms with Gasteiger partial charge in [0.1, 0.15) is 0 Å². The second-order valence-corrected chi connectivity index (χ2v) is 9.40. The highest BCUT2D eigenvalue weighted by Gasteiger charge is 2.13. The van der Waals surface area contributed by atoms with Crippen LogP contribution in [0.4, 0.5) is 10.8 Å². The van der Waals surface area contributed by atoms with Crippen molar-refractivity contribution in [2.45, 2.75) is 36.3 Å². The van der Waals surface area contributed by atoms with Crippen LogP contribution in [0.15, 0.2) is 52.9 Å². The molecule has 1 aromatic heterocycles. The van der Waals surface area contributed by atoms with E-state index in [1.165, 1.54) is 16.9 Å². The summed E-state index contributed by atoms with van der Waals surface area (Å²) in [4.78, 5) is 12.4. The number of aromatic nitrogens is 2. The largest absolute Gasteiger partial charge is 0.374 e.